The number of piperidine rings is 1. The number of amides is 2. The Labute approximate surface area is 203 Å². The van der Waals surface area contributed by atoms with Crippen LogP contribution in [-0.4, -0.2) is 52.8 Å². The number of hydrogen-bond acceptors (Lipinski definition) is 4. The van der Waals surface area contributed by atoms with Crippen molar-refractivity contribution in [1.82, 2.24) is 14.8 Å². The number of likely N-dealkylation sites (tertiary alicyclic amines) is 1. The van der Waals surface area contributed by atoms with Gasteiger partial charge in [0.25, 0.3) is 5.91 Å². The molecule has 7 heteroatoms. The molecule has 0 unspecified atom stereocenters. The zero-order valence-electron chi connectivity index (χ0n) is 19.1. The number of thiophene rings is 1. The molecule has 3 aromatic rings. The Balaban J connectivity index is 1.45. The van der Waals surface area contributed by atoms with Crippen molar-refractivity contribution in [1.29, 1.82) is 0 Å². The number of carbonyl (C=O) groups excluding carboxylic acids is 2. The monoisotopic (exact) mass is 477 g/mol. The van der Waals surface area contributed by atoms with Gasteiger partial charge >= 0.3 is 0 Å². The zero-order valence-corrected chi connectivity index (χ0v) is 20.0. The Morgan fingerprint density at radius 2 is 1.88 bits per heavy atom. The van der Waals surface area contributed by atoms with Gasteiger partial charge in [0.1, 0.15) is 5.82 Å². The van der Waals surface area contributed by atoms with Crippen molar-refractivity contribution >= 4 is 29.2 Å². The number of benzene rings is 1. The van der Waals surface area contributed by atoms with Crippen LogP contribution in [0.3, 0.4) is 0 Å². The number of rotatable bonds is 7. The van der Waals surface area contributed by atoms with Crippen LogP contribution in [0.1, 0.15) is 33.6 Å². The Kier molecular flexibility index (Phi) is 7.85. The smallest absolute Gasteiger partial charge is 0.263 e. The molecule has 176 valence electrons. The third kappa shape index (κ3) is 5.78. The van der Waals surface area contributed by atoms with Gasteiger partial charge < -0.3 is 9.80 Å². The van der Waals surface area contributed by atoms with Crippen molar-refractivity contribution < 1.29 is 14.0 Å². The Bertz CT molecular complexity index is 1130. The minimum Gasteiger partial charge on any atom is -0.339 e. The lowest BCUT2D eigenvalue weighted by Crippen LogP contribution is -2.48. The molecule has 0 bridgehead atoms. The predicted octanol–water partition coefficient (Wildman–Crippen LogP) is 4.92. The van der Waals surface area contributed by atoms with Crippen LogP contribution in [0.4, 0.5) is 4.39 Å². The number of pyridine rings is 1. The van der Waals surface area contributed by atoms with Crippen LogP contribution < -0.4 is 0 Å². The van der Waals surface area contributed by atoms with Gasteiger partial charge in [0.15, 0.2) is 0 Å². The molecule has 0 aliphatic carbocycles. The van der Waals surface area contributed by atoms with Crippen LogP contribution in [0, 0.1) is 11.7 Å². The van der Waals surface area contributed by atoms with Crippen LogP contribution in [0.2, 0.25) is 0 Å². The minimum absolute atomic E-state index is 0.0241. The second-order valence-electron chi connectivity index (χ2n) is 8.53. The lowest BCUT2D eigenvalue weighted by atomic mass is 9.84. The summed E-state index contributed by atoms with van der Waals surface area (Å²) in [4.78, 5) is 34.1. The highest BCUT2D eigenvalue weighted by molar-refractivity contribution is 7.12. The van der Waals surface area contributed by atoms with E-state index in [9.17, 15) is 14.0 Å². The summed E-state index contributed by atoms with van der Waals surface area (Å²) in [5.41, 5.74) is 1.54. The molecule has 1 aromatic carbocycles. The number of carbonyl (C=O) groups is 2. The number of likely N-dealkylation sites (N-methyl/N-ethyl adjacent to an activating group) is 1. The van der Waals surface area contributed by atoms with E-state index in [1.807, 2.05) is 47.7 Å². The molecule has 3 heterocycles. The fourth-order valence-electron chi connectivity index (χ4n) is 4.49. The molecule has 2 aromatic heterocycles. The third-order valence-corrected chi connectivity index (χ3v) is 7.31. The fourth-order valence-corrected chi connectivity index (χ4v) is 5.19. The van der Waals surface area contributed by atoms with E-state index in [0.29, 0.717) is 30.0 Å². The Morgan fingerprint density at radius 1 is 1.15 bits per heavy atom. The van der Waals surface area contributed by atoms with Crippen LogP contribution in [0.25, 0.3) is 6.08 Å². The van der Waals surface area contributed by atoms with Gasteiger partial charge in [-0.05, 0) is 72.0 Å². The van der Waals surface area contributed by atoms with E-state index in [1.54, 1.807) is 41.6 Å². The highest BCUT2D eigenvalue weighted by Crippen LogP contribution is 2.28. The van der Waals surface area contributed by atoms with Gasteiger partial charge in [-0.1, -0.05) is 24.3 Å². The van der Waals surface area contributed by atoms with Gasteiger partial charge in [-0.25, -0.2) is 4.39 Å². The summed E-state index contributed by atoms with van der Waals surface area (Å²) in [6, 6.07) is 14.0. The first-order valence-electron chi connectivity index (χ1n) is 11.4. The Morgan fingerprint density at radius 3 is 2.56 bits per heavy atom. The van der Waals surface area contributed by atoms with E-state index in [0.717, 1.165) is 18.4 Å². The summed E-state index contributed by atoms with van der Waals surface area (Å²) in [7, 11) is 1.81. The molecule has 1 aliphatic rings. The predicted molar refractivity (Wildman–Crippen MR) is 133 cm³/mol. The molecule has 2 amide bonds. The number of aromatic nitrogens is 1. The second-order valence-corrected chi connectivity index (χ2v) is 9.48. The van der Waals surface area contributed by atoms with E-state index in [1.165, 1.54) is 17.4 Å². The third-order valence-electron chi connectivity index (χ3n) is 6.46. The lowest BCUT2D eigenvalue weighted by Gasteiger charge is -2.40. The van der Waals surface area contributed by atoms with Crippen molar-refractivity contribution in [2.24, 2.45) is 5.92 Å². The standard InChI is InChI=1S/C27H28FN3O2S/c1-30(27(33)25-7-4-18-34-25)24(19-22-5-2-3-6-23(22)28)21-12-16-31(17-13-21)26(32)9-8-20-10-14-29-15-11-20/h2-11,14-15,18,21,24H,12-13,16-17,19H2,1H3/b9-8+/t24-/m0/s1. The molecule has 0 radical (unpaired) electrons. The molecule has 1 aliphatic heterocycles. The maximum Gasteiger partial charge on any atom is 0.263 e. The van der Waals surface area contributed by atoms with Gasteiger partial charge in [-0.15, -0.1) is 11.3 Å². The van der Waals surface area contributed by atoms with Gasteiger partial charge in [0.05, 0.1) is 4.88 Å². The summed E-state index contributed by atoms with van der Waals surface area (Å²) in [6.45, 7) is 1.22. The number of nitrogens with zero attached hydrogens (tertiary/aromatic N) is 3. The highest BCUT2D eigenvalue weighted by atomic mass is 32.1. The molecule has 34 heavy (non-hydrogen) atoms. The normalized spacial score (nSPS) is 15.4. The largest absolute Gasteiger partial charge is 0.339 e. The minimum atomic E-state index is -0.252. The van der Waals surface area contributed by atoms with Crippen molar-refractivity contribution in [2.45, 2.75) is 25.3 Å². The lowest BCUT2D eigenvalue weighted by molar-refractivity contribution is -0.127. The quantitative estimate of drug-likeness (QED) is 0.454. The van der Waals surface area contributed by atoms with E-state index < -0.39 is 0 Å². The Hall–Kier alpha value is -3.32. The van der Waals surface area contributed by atoms with Crippen LogP contribution >= 0.6 is 11.3 Å². The SMILES string of the molecule is CN(C(=O)c1cccs1)[C@@H](Cc1ccccc1F)C1CCN(C(=O)/C=C/c2ccncc2)CC1. The number of hydrogen-bond donors (Lipinski definition) is 0. The van der Waals surface area contributed by atoms with E-state index in [2.05, 4.69) is 4.98 Å². The van der Waals surface area contributed by atoms with E-state index in [4.69, 9.17) is 0 Å². The molecule has 1 fully saturated rings. The highest BCUT2D eigenvalue weighted by Gasteiger charge is 2.33. The summed E-state index contributed by atoms with van der Waals surface area (Å²) in [6.07, 6.45) is 8.75. The maximum atomic E-state index is 14.5. The van der Waals surface area contributed by atoms with Crippen molar-refractivity contribution in [2.75, 3.05) is 20.1 Å². The van der Waals surface area contributed by atoms with Gasteiger partial charge in [0, 0.05) is 44.6 Å². The van der Waals surface area contributed by atoms with Gasteiger partial charge in [0.2, 0.25) is 5.91 Å². The molecule has 0 N–H and O–H groups in total. The molecule has 1 saturated heterocycles. The summed E-state index contributed by atoms with van der Waals surface area (Å²) in [5.74, 6) is -0.154. The average Bonchev–Trinajstić information content (AvgIpc) is 3.42. The topological polar surface area (TPSA) is 53.5 Å². The van der Waals surface area contributed by atoms with Crippen LogP contribution in [0.5, 0.6) is 0 Å². The number of halogens is 1. The fraction of sp³-hybridized carbons (Fsp3) is 0.296. The molecule has 4 rings (SSSR count). The zero-order chi connectivity index (χ0) is 23.9. The summed E-state index contributed by atoms with van der Waals surface area (Å²) in [5, 5.41) is 1.89. The molecule has 0 spiro atoms. The van der Waals surface area contributed by atoms with Gasteiger partial charge in [-0.3, -0.25) is 14.6 Å². The summed E-state index contributed by atoms with van der Waals surface area (Å²) < 4.78 is 14.5. The maximum absolute atomic E-state index is 14.5. The van der Waals surface area contributed by atoms with Crippen LogP contribution in [-0.2, 0) is 11.2 Å². The molecule has 5 nitrogen and oxygen atoms in total. The molecule has 1 atom stereocenters. The average molecular weight is 478 g/mol. The van der Waals surface area contributed by atoms with Gasteiger partial charge in [-0.2, -0.15) is 0 Å². The molecule has 0 saturated carbocycles. The van der Waals surface area contributed by atoms with Crippen molar-refractivity contribution in [3.63, 3.8) is 0 Å². The van der Waals surface area contributed by atoms with Crippen molar-refractivity contribution in [3.8, 4) is 0 Å². The first-order valence-corrected chi connectivity index (χ1v) is 12.3. The first-order chi connectivity index (χ1) is 16.5. The molecular formula is C27H28FN3O2S. The first kappa shape index (κ1) is 23.8. The second kappa shape index (κ2) is 11.2. The van der Waals surface area contributed by atoms with Crippen LogP contribution in [0.15, 0.2) is 72.4 Å². The van der Waals surface area contributed by atoms with E-state index in [-0.39, 0.29) is 29.6 Å². The van der Waals surface area contributed by atoms with Crippen molar-refractivity contribution in [3.05, 3.63) is 94.2 Å². The summed E-state index contributed by atoms with van der Waals surface area (Å²) >= 11 is 1.41. The molecular weight excluding hydrogens is 449 g/mol. The van der Waals surface area contributed by atoms with E-state index >= 15 is 0 Å².